The minimum atomic E-state index is -3.23. The number of benzene rings is 1. The fourth-order valence-corrected chi connectivity index (χ4v) is 11.8. The van der Waals surface area contributed by atoms with Crippen molar-refractivity contribution in [3.05, 3.63) is 58.5 Å². The SMILES string of the molecule is CCCCCCCCCCCCC/C=C/[C@@H](OC(=O)c1ccccc1)[C@H](CO[C@@H]1O[C@H](COC(C)=O)[C@@H](O[C@@H]2O[C@H](COC(C)=O)[C@H](OC(C)=O)[C@H](O[C@]3(C(=O)OC)C[C@H](OC(C)=O)[C@@H](NC(C)=O)[C@H]([C@H](OC(C)=O)[C@@H](COC(C)=O)OC(C)=O)O3)[C@H]2OC(C)=O)[C@H](OC(C)=O)[C@H]1OC(C)=O)N=[N+]=[N-]. The molecular formula is C69H98N4O31. The summed E-state index contributed by atoms with van der Waals surface area (Å²) in [4.78, 5) is 176. The second-order valence-electron chi connectivity index (χ2n) is 24.7. The maximum Gasteiger partial charge on any atom is 0.366 e. The molecule has 4 rings (SSSR count). The standard InChI is InChI=1S/C69H98N4O31/c1-14-15-16-17-18-19-20-21-22-23-24-25-29-32-51(99-65(85)49-30-27-26-28-31-49)50(72-73-70)34-91-66-63(97-47(11)83)61(96-46(10)82)58(54(100-66)36-89-40(4)76)102-67-64(98-48(12)84)62(59(95-45(9)81)55(101-67)37-90-41(5)77)104-69(68(86)87-13)33-52(92-42(6)78)56(71-38(2)74)60(103-69)57(94-44(8)80)53(93-43(7)79)35-88-39(3)75/h26-32,50-64,66-67H,14-25,33-37H2,1-13H3,(H,71,74)/b32-29+/t50-,51+,52-,53+,54+,55+,56+,57+,58+,59-,60+,61-,62-,63+,64+,66+,67-,69-/m0/s1. The molecule has 1 aromatic carbocycles. The topological polar surface area (TPSA) is 449 Å². The van der Waals surface area contributed by atoms with Crippen LogP contribution in [0.5, 0.6) is 0 Å². The zero-order valence-electron chi connectivity index (χ0n) is 60.9. The number of amides is 1. The van der Waals surface area contributed by atoms with Gasteiger partial charge in [0.2, 0.25) is 5.91 Å². The summed E-state index contributed by atoms with van der Waals surface area (Å²) in [6.45, 7) is 9.07. The summed E-state index contributed by atoms with van der Waals surface area (Å²) in [6, 6.07) is 4.69. The van der Waals surface area contributed by atoms with Gasteiger partial charge in [-0.05, 0) is 36.6 Å². The smallest absolute Gasteiger partial charge is 0.366 e. The highest BCUT2D eigenvalue weighted by atomic mass is 16.8. The number of unbranched alkanes of at least 4 members (excludes halogenated alkanes) is 11. The average Bonchev–Trinajstić information content (AvgIpc) is 0.832. The maximum atomic E-state index is 15.0. The molecular weight excluding hydrogens is 1380 g/mol. The molecule has 0 aliphatic carbocycles. The Morgan fingerprint density at radius 3 is 1.60 bits per heavy atom. The van der Waals surface area contributed by atoms with Crippen LogP contribution in [0.1, 0.15) is 177 Å². The number of carbonyl (C=O) groups is 13. The zero-order chi connectivity index (χ0) is 77.2. The van der Waals surface area contributed by atoms with Gasteiger partial charge in [-0.3, -0.25) is 52.7 Å². The summed E-state index contributed by atoms with van der Waals surface area (Å²) in [7, 11) is 0.817. The fourth-order valence-electron chi connectivity index (χ4n) is 11.8. The third-order valence-corrected chi connectivity index (χ3v) is 16.0. The van der Waals surface area contributed by atoms with Gasteiger partial charge in [-0.2, -0.15) is 0 Å². The number of esters is 12. The van der Waals surface area contributed by atoms with Crippen molar-refractivity contribution >= 4 is 77.5 Å². The van der Waals surface area contributed by atoms with Crippen molar-refractivity contribution in [2.24, 2.45) is 5.11 Å². The van der Waals surface area contributed by atoms with Crippen molar-refractivity contribution in [3.8, 4) is 0 Å². The Kier molecular flexibility index (Phi) is 37.6. The van der Waals surface area contributed by atoms with Crippen molar-refractivity contribution in [2.75, 3.05) is 33.5 Å². The molecule has 3 aliphatic heterocycles. The van der Waals surface area contributed by atoms with Crippen molar-refractivity contribution < 1.29 is 148 Å². The molecule has 35 heteroatoms. The molecule has 0 aromatic heterocycles. The van der Waals surface area contributed by atoms with E-state index in [1.165, 1.54) is 50.3 Å². The number of hydrogen-bond acceptors (Lipinski definition) is 32. The third-order valence-electron chi connectivity index (χ3n) is 16.0. The Bertz CT molecular complexity index is 3130. The van der Waals surface area contributed by atoms with Gasteiger partial charge in [0.05, 0.1) is 31.7 Å². The molecule has 104 heavy (non-hydrogen) atoms. The molecule has 3 aliphatic rings. The van der Waals surface area contributed by atoms with Gasteiger partial charge in [0.25, 0.3) is 5.79 Å². The number of nitrogens with one attached hydrogen (secondary N) is 1. The van der Waals surface area contributed by atoms with Crippen LogP contribution in [-0.2, 0) is 143 Å². The van der Waals surface area contributed by atoms with Crippen molar-refractivity contribution in [1.82, 2.24) is 5.32 Å². The molecule has 0 radical (unpaired) electrons. The van der Waals surface area contributed by atoms with Gasteiger partial charge in [0, 0.05) is 81.1 Å². The van der Waals surface area contributed by atoms with E-state index in [9.17, 15) is 67.9 Å². The molecule has 0 saturated carbocycles. The molecule has 3 fully saturated rings. The molecule has 18 atom stereocenters. The van der Waals surface area contributed by atoms with Crippen molar-refractivity contribution in [3.63, 3.8) is 0 Å². The summed E-state index contributed by atoms with van der Waals surface area (Å²) < 4.78 is 107. The van der Waals surface area contributed by atoms with Gasteiger partial charge in [-0.1, -0.05) is 101 Å². The number of carbonyl (C=O) groups excluding carboxylic acids is 13. The highest BCUT2D eigenvalue weighted by Gasteiger charge is 2.64. The molecule has 0 spiro atoms. The van der Waals surface area contributed by atoms with E-state index in [1.807, 2.05) is 0 Å². The first kappa shape index (κ1) is 87.5. The highest BCUT2D eigenvalue weighted by Crippen LogP contribution is 2.43. The molecule has 1 N–H and O–H groups in total. The first-order valence-electron chi connectivity index (χ1n) is 34.2. The summed E-state index contributed by atoms with van der Waals surface area (Å²) in [5.41, 5.74) is 10.2. The molecule has 35 nitrogen and oxygen atoms in total. The van der Waals surface area contributed by atoms with E-state index in [0.717, 1.165) is 122 Å². The van der Waals surface area contributed by atoms with Gasteiger partial charge < -0.3 is 90.6 Å². The lowest BCUT2D eigenvalue weighted by Crippen LogP contribution is -2.72. The molecule has 3 saturated heterocycles. The van der Waals surface area contributed by atoms with Crippen LogP contribution < -0.4 is 5.32 Å². The van der Waals surface area contributed by atoms with E-state index in [0.29, 0.717) is 6.42 Å². The number of methoxy groups -OCH3 is 1. The Hall–Kier alpha value is -8.86. The first-order chi connectivity index (χ1) is 49.3. The van der Waals surface area contributed by atoms with Gasteiger partial charge in [0.15, 0.2) is 49.2 Å². The second-order valence-corrected chi connectivity index (χ2v) is 24.7. The molecule has 1 aromatic rings. The lowest BCUT2D eigenvalue weighted by atomic mass is 9.87. The average molecular weight is 1480 g/mol. The van der Waals surface area contributed by atoms with Crippen LogP contribution in [0.3, 0.4) is 0 Å². The van der Waals surface area contributed by atoms with Crippen LogP contribution in [0.25, 0.3) is 10.4 Å². The Morgan fingerprint density at radius 1 is 0.577 bits per heavy atom. The number of nitrogens with zero attached hydrogens (tertiary/aromatic N) is 3. The Labute approximate surface area is 602 Å². The third kappa shape index (κ3) is 29.3. The predicted octanol–water partition coefficient (Wildman–Crippen LogP) is 5.76. The molecule has 580 valence electrons. The largest absolute Gasteiger partial charge is 0.465 e. The minimum Gasteiger partial charge on any atom is -0.465 e. The Morgan fingerprint density at radius 2 is 1.09 bits per heavy atom. The first-order valence-corrected chi connectivity index (χ1v) is 34.2. The molecule has 3 heterocycles. The number of azide groups is 1. The van der Waals surface area contributed by atoms with Gasteiger partial charge in [-0.25, -0.2) is 9.59 Å². The lowest BCUT2D eigenvalue weighted by molar-refractivity contribution is -0.387. The molecule has 0 bridgehead atoms. The van der Waals surface area contributed by atoms with Crippen LogP contribution in [0, 0.1) is 0 Å². The number of hydrogen-bond donors (Lipinski definition) is 1. The van der Waals surface area contributed by atoms with Crippen molar-refractivity contribution in [1.29, 1.82) is 0 Å². The summed E-state index contributed by atoms with van der Waals surface area (Å²) in [5, 5.41) is 6.44. The monoisotopic (exact) mass is 1480 g/mol. The lowest BCUT2D eigenvalue weighted by Gasteiger charge is -2.52. The van der Waals surface area contributed by atoms with Gasteiger partial charge in [0.1, 0.15) is 68.6 Å². The van der Waals surface area contributed by atoms with E-state index in [2.05, 4.69) is 22.3 Å². The minimum absolute atomic E-state index is 0.139. The van der Waals surface area contributed by atoms with Gasteiger partial charge >= 0.3 is 71.6 Å². The quantitative estimate of drug-likeness (QED) is 0.0155. The van der Waals surface area contributed by atoms with Crippen LogP contribution in [-0.4, -0.2) is 221 Å². The predicted molar refractivity (Wildman–Crippen MR) is 352 cm³/mol. The Balaban J connectivity index is 1.96. The van der Waals surface area contributed by atoms with Crippen molar-refractivity contribution in [2.45, 2.75) is 276 Å². The highest BCUT2D eigenvalue weighted by molar-refractivity contribution is 5.89. The van der Waals surface area contributed by atoms with Crippen LogP contribution in [0.2, 0.25) is 0 Å². The van der Waals surface area contributed by atoms with Crippen LogP contribution >= 0.6 is 0 Å². The number of rotatable bonds is 41. The van der Waals surface area contributed by atoms with Crippen LogP contribution in [0.15, 0.2) is 47.6 Å². The number of ether oxygens (including phenoxy) is 18. The number of allylic oxidation sites excluding steroid dienone is 1. The van der Waals surface area contributed by atoms with E-state index >= 15 is 0 Å². The second kappa shape index (κ2) is 44.7. The summed E-state index contributed by atoms with van der Waals surface area (Å²) in [5.74, 6) is -17.3. The molecule has 0 unspecified atom stereocenters. The maximum absolute atomic E-state index is 15.0. The van der Waals surface area contributed by atoms with E-state index in [4.69, 9.17) is 85.3 Å². The summed E-state index contributed by atoms with van der Waals surface area (Å²) >= 11 is 0. The summed E-state index contributed by atoms with van der Waals surface area (Å²) in [6.07, 6.45) is -15.4. The van der Waals surface area contributed by atoms with E-state index in [-0.39, 0.29) is 5.56 Å². The normalized spacial score (nSPS) is 25.4. The van der Waals surface area contributed by atoms with E-state index in [1.54, 1.807) is 24.3 Å². The zero-order valence-corrected chi connectivity index (χ0v) is 60.9. The van der Waals surface area contributed by atoms with E-state index < -0.39 is 220 Å². The van der Waals surface area contributed by atoms with Gasteiger partial charge in [-0.15, -0.1) is 0 Å². The molecule has 1 amide bonds. The van der Waals surface area contributed by atoms with Crippen LogP contribution in [0.4, 0.5) is 0 Å². The fraction of sp³-hybridized carbons (Fsp3) is 0.696.